The van der Waals surface area contributed by atoms with Gasteiger partial charge in [-0.3, -0.25) is 0 Å². The van der Waals surface area contributed by atoms with Crippen molar-refractivity contribution < 1.29 is 5.11 Å². The third-order valence-corrected chi connectivity index (χ3v) is 3.13. The number of phenols is 1. The number of rotatable bonds is 2. The maximum absolute atomic E-state index is 9.18. The fourth-order valence-electron chi connectivity index (χ4n) is 2.06. The maximum Gasteiger partial charge on any atom is 0.115 e. The molecule has 1 heteroatoms. The van der Waals surface area contributed by atoms with Crippen LogP contribution in [0.1, 0.15) is 31.7 Å². The lowest BCUT2D eigenvalue weighted by Gasteiger charge is -2.18. The van der Waals surface area contributed by atoms with Crippen molar-refractivity contribution in [2.75, 3.05) is 0 Å². The Balaban J connectivity index is 2.00. The van der Waals surface area contributed by atoms with Crippen LogP contribution in [0, 0.1) is 5.92 Å². The van der Waals surface area contributed by atoms with Gasteiger partial charge in [0.2, 0.25) is 0 Å². The van der Waals surface area contributed by atoms with E-state index in [9.17, 15) is 5.11 Å². The zero-order valence-electron chi connectivity index (χ0n) is 9.24. The molecule has 0 bridgehead atoms. The summed E-state index contributed by atoms with van der Waals surface area (Å²) < 4.78 is 0. The van der Waals surface area contributed by atoms with Crippen molar-refractivity contribution in [2.24, 2.45) is 5.92 Å². The standard InChI is InChI=1S/C14H18O/c1-11-2-4-12(5-3-11)10-13-6-8-14(15)9-7-13/h4,6-9,11,15H,2-3,5,10H2,1H3. The van der Waals surface area contributed by atoms with E-state index in [0.717, 1.165) is 12.3 Å². The number of aromatic hydroxyl groups is 1. The summed E-state index contributed by atoms with van der Waals surface area (Å²) in [6.45, 7) is 2.31. The Bertz CT molecular complexity index is 348. The minimum absolute atomic E-state index is 0.352. The molecular weight excluding hydrogens is 184 g/mol. The molecule has 1 aliphatic carbocycles. The molecule has 0 saturated heterocycles. The van der Waals surface area contributed by atoms with Gasteiger partial charge in [-0.25, -0.2) is 0 Å². The van der Waals surface area contributed by atoms with Crippen molar-refractivity contribution in [2.45, 2.75) is 32.6 Å². The van der Waals surface area contributed by atoms with Crippen molar-refractivity contribution in [1.29, 1.82) is 0 Å². The summed E-state index contributed by atoms with van der Waals surface area (Å²) in [6, 6.07) is 7.55. The molecular formula is C14H18O. The van der Waals surface area contributed by atoms with Gasteiger partial charge in [-0.1, -0.05) is 30.7 Å². The molecule has 0 aromatic heterocycles. The van der Waals surface area contributed by atoms with Crippen LogP contribution < -0.4 is 0 Å². The van der Waals surface area contributed by atoms with Crippen molar-refractivity contribution >= 4 is 0 Å². The molecule has 0 aliphatic heterocycles. The van der Waals surface area contributed by atoms with E-state index in [-0.39, 0.29) is 0 Å². The molecule has 1 N–H and O–H groups in total. The summed E-state index contributed by atoms with van der Waals surface area (Å²) in [7, 11) is 0. The fraction of sp³-hybridized carbons (Fsp3) is 0.429. The zero-order valence-corrected chi connectivity index (χ0v) is 9.24. The Hall–Kier alpha value is -1.24. The van der Waals surface area contributed by atoms with E-state index in [2.05, 4.69) is 13.0 Å². The quantitative estimate of drug-likeness (QED) is 0.725. The lowest BCUT2D eigenvalue weighted by atomic mass is 9.88. The minimum Gasteiger partial charge on any atom is -0.508 e. The average Bonchev–Trinajstić information content (AvgIpc) is 2.25. The smallest absolute Gasteiger partial charge is 0.115 e. The van der Waals surface area contributed by atoms with Crippen LogP contribution in [0.25, 0.3) is 0 Å². The first kappa shape index (κ1) is 10.3. The first-order valence-corrected chi connectivity index (χ1v) is 5.70. The summed E-state index contributed by atoms with van der Waals surface area (Å²) in [6.07, 6.45) is 7.23. The highest BCUT2D eigenvalue weighted by atomic mass is 16.3. The number of hydrogen-bond acceptors (Lipinski definition) is 1. The minimum atomic E-state index is 0.352. The van der Waals surface area contributed by atoms with Gasteiger partial charge >= 0.3 is 0 Å². The Morgan fingerprint density at radius 2 is 2.00 bits per heavy atom. The molecule has 80 valence electrons. The second kappa shape index (κ2) is 4.52. The Morgan fingerprint density at radius 3 is 2.60 bits per heavy atom. The van der Waals surface area contributed by atoms with Crippen LogP contribution in [-0.4, -0.2) is 5.11 Å². The lowest BCUT2D eigenvalue weighted by molar-refractivity contribution is 0.475. The molecule has 1 nitrogen and oxygen atoms in total. The van der Waals surface area contributed by atoms with E-state index in [1.54, 1.807) is 17.7 Å². The van der Waals surface area contributed by atoms with Crippen molar-refractivity contribution in [1.82, 2.24) is 0 Å². The Labute approximate surface area is 91.4 Å². The number of benzene rings is 1. The summed E-state index contributed by atoms with van der Waals surface area (Å²) in [5.41, 5.74) is 2.85. The molecule has 0 amide bonds. The topological polar surface area (TPSA) is 20.2 Å². The predicted molar refractivity (Wildman–Crippen MR) is 62.9 cm³/mol. The second-order valence-corrected chi connectivity index (χ2v) is 4.59. The molecule has 0 spiro atoms. The third-order valence-electron chi connectivity index (χ3n) is 3.13. The molecule has 1 aliphatic rings. The molecule has 0 heterocycles. The first-order chi connectivity index (χ1) is 7.24. The molecule has 1 aromatic carbocycles. The average molecular weight is 202 g/mol. The molecule has 0 fully saturated rings. The van der Waals surface area contributed by atoms with Gasteiger partial charge in [-0.15, -0.1) is 0 Å². The summed E-state index contributed by atoms with van der Waals surface area (Å²) in [5, 5.41) is 9.18. The van der Waals surface area contributed by atoms with Crippen LogP contribution in [0.5, 0.6) is 5.75 Å². The van der Waals surface area contributed by atoms with E-state index < -0.39 is 0 Å². The van der Waals surface area contributed by atoms with E-state index in [4.69, 9.17) is 0 Å². The van der Waals surface area contributed by atoms with Crippen LogP contribution in [-0.2, 0) is 6.42 Å². The number of phenolic OH excluding ortho intramolecular Hbond substituents is 1. The van der Waals surface area contributed by atoms with Gasteiger partial charge in [0.05, 0.1) is 0 Å². The molecule has 15 heavy (non-hydrogen) atoms. The van der Waals surface area contributed by atoms with E-state index in [1.165, 1.54) is 24.8 Å². The van der Waals surface area contributed by atoms with Gasteiger partial charge in [-0.05, 0) is 49.3 Å². The van der Waals surface area contributed by atoms with Crippen LogP contribution in [0.3, 0.4) is 0 Å². The molecule has 1 aromatic rings. The SMILES string of the molecule is CC1CC=C(Cc2ccc(O)cc2)CC1. The summed E-state index contributed by atoms with van der Waals surface area (Å²) in [4.78, 5) is 0. The monoisotopic (exact) mass is 202 g/mol. The van der Waals surface area contributed by atoms with Gasteiger partial charge in [0.15, 0.2) is 0 Å². The van der Waals surface area contributed by atoms with Crippen LogP contribution in [0.2, 0.25) is 0 Å². The zero-order chi connectivity index (χ0) is 10.7. The highest BCUT2D eigenvalue weighted by Crippen LogP contribution is 2.25. The van der Waals surface area contributed by atoms with Crippen LogP contribution >= 0.6 is 0 Å². The fourth-order valence-corrected chi connectivity index (χ4v) is 2.06. The van der Waals surface area contributed by atoms with Crippen molar-refractivity contribution in [3.8, 4) is 5.75 Å². The van der Waals surface area contributed by atoms with E-state index in [1.807, 2.05) is 12.1 Å². The number of hydrogen-bond donors (Lipinski definition) is 1. The number of allylic oxidation sites excluding steroid dienone is 2. The highest BCUT2D eigenvalue weighted by Gasteiger charge is 2.10. The normalized spacial score (nSPS) is 21.1. The Kier molecular flexibility index (Phi) is 3.10. The molecule has 0 saturated carbocycles. The van der Waals surface area contributed by atoms with Crippen molar-refractivity contribution in [3.63, 3.8) is 0 Å². The Morgan fingerprint density at radius 1 is 1.27 bits per heavy atom. The maximum atomic E-state index is 9.18. The molecule has 0 radical (unpaired) electrons. The summed E-state index contributed by atoms with van der Waals surface area (Å²) in [5.74, 6) is 1.21. The van der Waals surface area contributed by atoms with Crippen molar-refractivity contribution in [3.05, 3.63) is 41.5 Å². The predicted octanol–water partition coefficient (Wildman–Crippen LogP) is 3.68. The molecule has 1 unspecified atom stereocenters. The second-order valence-electron chi connectivity index (χ2n) is 4.59. The lowest BCUT2D eigenvalue weighted by Crippen LogP contribution is -2.03. The third kappa shape index (κ3) is 2.85. The van der Waals surface area contributed by atoms with Gasteiger partial charge < -0.3 is 5.11 Å². The largest absolute Gasteiger partial charge is 0.508 e. The van der Waals surface area contributed by atoms with Gasteiger partial charge in [0.25, 0.3) is 0 Å². The van der Waals surface area contributed by atoms with Crippen LogP contribution in [0.15, 0.2) is 35.9 Å². The van der Waals surface area contributed by atoms with Gasteiger partial charge in [0, 0.05) is 0 Å². The van der Waals surface area contributed by atoms with E-state index in [0.29, 0.717) is 5.75 Å². The summed E-state index contributed by atoms with van der Waals surface area (Å²) >= 11 is 0. The highest BCUT2D eigenvalue weighted by molar-refractivity contribution is 5.29. The van der Waals surface area contributed by atoms with Gasteiger partial charge in [-0.2, -0.15) is 0 Å². The van der Waals surface area contributed by atoms with Crippen LogP contribution in [0.4, 0.5) is 0 Å². The molecule has 1 atom stereocenters. The molecule has 2 rings (SSSR count). The van der Waals surface area contributed by atoms with Gasteiger partial charge in [0.1, 0.15) is 5.75 Å². The first-order valence-electron chi connectivity index (χ1n) is 5.70. The van der Waals surface area contributed by atoms with E-state index >= 15 is 0 Å².